The highest BCUT2D eigenvalue weighted by atomic mass is 127. The number of rotatable bonds is 12. The van der Waals surface area contributed by atoms with E-state index < -0.39 is 0 Å². The first kappa shape index (κ1) is 29.6. The van der Waals surface area contributed by atoms with Crippen molar-refractivity contribution in [3.8, 4) is 0 Å². The van der Waals surface area contributed by atoms with Gasteiger partial charge in [0.2, 0.25) is 5.91 Å². The molecule has 1 amide bonds. The third-order valence-corrected chi connectivity index (χ3v) is 6.17. The summed E-state index contributed by atoms with van der Waals surface area (Å²) in [6.45, 7) is 8.56. The van der Waals surface area contributed by atoms with E-state index in [1.54, 1.807) is 19.0 Å². The molecule has 7 nitrogen and oxygen atoms in total. The molecule has 1 aromatic rings. The lowest BCUT2D eigenvalue weighted by atomic mass is 9.99. The maximum atomic E-state index is 12.1. The molecule has 1 saturated heterocycles. The number of nitrogens with zero attached hydrogens (tertiary/aromatic N) is 3. The van der Waals surface area contributed by atoms with Gasteiger partial charge in [-0.2, -0.15) is 0 Å². The van der Waals surface area contributed by atoms with Crippen LogP contribution in [-0.4, -0.2) is 73.2 Å². The summed E-state index contributed by atoms with van der Waals surface area (Å²) in [5.74, 6) is 1.30. The molecule has 1 fully saturated rings. The fraction of sp³-hybridized carbons (Fsp3) is 0.680. The average molecular weight is 574 g/mol. The van der Waals surface area contributed by atoms with Crippen LogP contribution in [0.5, 0.6) is 0 Å². The first-order valence-corrected chi connectivity index (χ1v) is 12.1. The van der Waals surface area contributed by atoms with Gasteiger partial charge in [0.15, 0.2) is 5.96 Å². The van der Waals surface area contributed by atoms with Gasteiger partial charge in [0.25, 0.3) is 0 Å². The van der Waals surface area contributed by atoms with E-state index in [1.807, 2.05) is 6.07 Å². The first-order chi connectivity index (χ1) is 15.4. The lowest BCUT2D eigenvalue weighted by Crippen LogP contribution is -2.44. The molecule has 1 aliphatic heterocycles. The van der Waals surface area contributed by atoms with E-state index in [1.165, 1.54) is 30.4 Å². The Labute approximate surface area is 217 Å². The summed E-state index contributed by atoms with van der Waals surface area (Å²) in [7, 11) is 3.52. The predicted octanol–water partition coefficient (Wildman–Crippen LogP) is 3.21. The van der Waals surface area contributed by atoms with Crippen molar-refractivity contribution < 1.29 is 9.90 Å². The Balaban J connectivity index is 0.00000544. The molecule has 188 valence electrons. The molecule has 0 aliphatic carbocycles. The van der Waals surface area contributed by atoms with Crippen LogP contribution >= 0.6 is 24.0 Å². The van der Waals surface area contributed by atoms with E-state index in [4.69, 9.17) is 4.99 Å². The van der Waals surface area contributed by atoms with Crippen molar-refractivity contribution >= 4 is 35.8 Å². The molecule has 33 heavy (non-hydrogen) atoms. The highest BCUT2D eigenvalue weighted by Crippen LogP contribution is 2.17. The first-order valence-electron chi connectivity index (χ1n) is 12.1. The molecule has 3 N–H and O–H groups in total. The number of aliphatic hydroxyl groups is 1. The number of unbranched alkanes of at least 4 members (excludes halogenated alkanes) is 1. The van der Waals surface area contributed by atoms with Gasteiger partial charge in [0, 0.05) is 40.3 Å². The third-order valence-electron chi connectivity index (χ3n) is 6.17. The summed E-state index contributed by atoms with van der Waals surface area (Å²) in [6.07, 6.45) is 5.40. The van der Waals surface area contributed by atoms with E-state index in [-0.39, 0.29) is 42.5 Å². The molecule has 0 saturated carbocycles. The number of nitrogens with one attached hydrogen (secondary N) is 2. The van der Waals surface area contributed by atoms with Crippen molar-refractivity contribution in [1.82, 2.24) is 20.4 Å². The van der Waals surface area contributed by atoms with Crippen molar-refractivity contribution in [3.05, 3.63) is 35.4 Å². The number of likely N-dealkylation sites (N-methyl/N-ethyl adjacent to an activating group) is 1. The van der Waals surface area contributed by atoms with Crippen LogP contribution in [0.25, 0.3) is 0 Å². The van der Waals surface area contributed by atoms with E-state index in [2.05, 4.69) is 47.6 Å². The molecule has 2 unspecified atom stereocenters. The summed E-state index contributed by atoms with van der Waals surface area (Å²) in [4.78, 5) is 20.8. The van der Waals surface area contributed by atoms with Crippen LogP contribution in [0, 0.1) is 5.92 Å². The fourth-order valence-electron chi connectivity index (χ4n) is 3.90. The molecule has 2 atom stereocenters. The Morgan fingerprint density at radius 1 is 1.24 bits per heavy atom. The van der Waals surface area contributed by atoms with Gasteiger partial charge in [-0.1, -0.05) is 57.4 Å². The molecular formula is C25H44IN5O2. The van der Waals surface area contributed by atoms with Crippen LogP contribution in [0.2, 0.25) is 0 Å². The summed E-state index contributed by atoms with van der Waals surface area (Å²) < 4.78 is 0. The number of guanidine groups is 1. The van der Waals surface area contributed by atoms with E-state index in [0.717, 1.165) is 39.0 Å². The van der Waals surface area contributed by atoms with Crippen LogP contribution in [0.3, 0.4) is 0 Å². The Morgan fingerprint density at radius 3 is 2.58 bits per heavy atom. The minimum atomic E-state index is -0.214. The Kier molecular flexibility index (Phi) is 14.6. The molecule has 0 aromatic heterocycles. The Bertz CT molecular complexity index is 729. The topological polar surface area (TPSA) is 80.2 Å². The minimum Gasteiger partial charge on any atom is -0.392 e. The van der Waals surface area contributed by atoms with Crippen molar-refractivity contribution in [2.45, 2.75) is 65.1 Å². The van der Waals surface area contributed by atoms with E-state index in [9.17, 15) is 9.90 Å². The Morgan fingerprint density at radius 2 is 1.97 bits per heavy atom. The summed E-state index contributed by atoms with van der Waals surface area (Å²) >= 11 is 0. The zero-order chi connectivity index (χ0) is 23.3. The monoisotopic (exact) mass is 573 g/mol. The minimum absolute atomic E-state index is 0. The normalized spacial score (nSPS) is 17.4. The zero-order valence-corrected chi connectivity index (χ0v) is 23.2. The highest BCUT2D eigenvalue weighted by Gasteiger charge is 2.20. The molecular weight excluding hydrogens is 529 g/mol. The molecule has 1 aromatic carbocycles. The summed E-state index contributed by atoms with van der Waals surface area (Å²) in [6, 6.07) is 8.36. The van der Waals surface area contributed by atoms with Crippen molar-refractivity contribution in [3.63, 3.8) is 0 Å². The second-order valence-corrected chi connectivity index (χ2v) is 9.05. The number of β-amino-alcohol motifs (C(OH)–C–C–N with tert-alkyl or cyclic N) is 1. The molecule has 0 spiro atoms. The lowest BCUT2D eigenvalue weighted by Gasteiger charge is -2.20. The molecule has 0 bridgehead atoms. The molecule has 2 rings (SSSR count). The van der Waals surface area contributed by atoms with Gasteiger partial charge in [-0.05, 0) is 29.9 Å². The number of amides is 1. The number of likely N-dealkylation sites (tertiary alicyclic amines) is 1. The smallest absolute Gasteiger partial charge is 0.241 e. The van der Waals surface area contributed by atoms with Crippen LogP contribution < -0.4 is 10.6 Å². The van der Waals surface area contributed by atoms with Gasteiger partial charge in [0.05, 0.1) is 19.2 Å². The number of halogens is 1. The number of aliphatic hydroxyl groups excluding tert-OH is 1. The standard InChI is InChI=1S/C25H43N5O2.HI/c1-5-7-10-20(6-2)15-26-25(28-17-24(32)29(3)4)27-16-21-11-8-9-12-22(21)18-30-14-13-23(31)19-30;/h8-9,11-12,20,23,31H,5-7,10,13-19H2,1-4H3,(H2,26,27,28);1H. The zero-order valence-electron chi connectivity index (χ0n) is 20.8. The van der Waals surface area contributed by atoms with Gasteiger partial charge in [0.1, 0.15) is 0 Å². The van der Waals surface area contributed by atoms with E-state index >= 15 is 0 Å². The van der Waals surface area contributed by atoms with Gasteiger partial charge in [-0.15, -0.1) is 24.0 Å². The summed E-state index contributed by atoms with van der Waals surface area (Å²) in [5.41, 5.74) is 2.41. The van der Waals surface area contributed by atoms with Gasteiger partial charge in [-0.25, -0.2) is 4.99 Å². The van der Waals surface area contributed by atoms with Crippen molar-refractivity contribution in [2.24, 2.45) is 10.9 Å². The number of aliphatic imine (C=N–C) groups is 1. The van der Waals surface area contributed by atoms with E-state index in [0.29, 0.717) is 18.4 Å². The molecule has 8 heteroatoms. The second-order valence-electron chi connectivity index (χ2n) is 9.05. The second kappa shape index (κ2) is 16.3. The number of hydrogen-bond acceptors (Lipinski definition) is 4. The number of benzene rings is 1. The predicted molar refractivity (Wildman–Crippen MR) is 147 cm³/mol. The average Bonchev–Trinajstić information content (AvgIpc) is 3.20. The highest BCUT2D eigenvalue weighted by molar-refractivity contribution is 14.0. The SMILES string of the molecule is CCCCC(CC)CNC(=NCc1ccccc1CN1CCC(O)C1)NCC(=O)N(C)C.I. The fourth-order valence-corrected chi connectivity index (χ4v) is 3.90. The van der Waals surface area contributed by atoms with Crippen molar-refractivity contribution in [2.75, 3.05) is 40.3 Å². The summed E-state index contributed by atoms with van der Waals surface area (Å²) in [5, 5.41) is 16.5. The van der Waals surface area contributed by atoms with Crippen LogP contribution in [0.4, 0.5) is 0 Å². The number of carbonyl (C=O) groups is 1. The van der Waals surface area contributed by atoms with Crippen LogP contribution in [0.15, 0.2) is 29.3 Å². The van der Waals surface area contributed by atoms with Gasteiger partial charge in [-0.3, -0.25) is 9.69 Å². The number of hydrogen-bond donors (Lipinski definition) is 3. The number of carbonyl (C=O) groups excluding carboxylic acids is 1. The van der Waals surface area contributed by atoms with Crippen LogP contribution in [-0.2, 0) is 17.9 Å². The lowest BCUT2D eigenvalue weighted by molar-refractivity contribution is -0.127. The third kappa shape index (κ3) is 11.1. The quantitative estimate of drug-likeness (QED) is 0.203. The van der Waals surface area contributed by atoms with Gasteiger partial charge >= 0.3 is 0 Å². The van der Waals surface area contributed by atoms with Gasteiger partial charge < -0.3 is 20.6 Å². The maximum absolute atomic E-state index is 12.1. The maximum Gasteiger partial charge on any atom is 0.241 e. The molecule has 0 radical (unpaired) electrons. The molecule has 1 aliphatic rings. The molecule has 1 heterocycles. The largest absolute Gasteiger partial charge is 0.392 e. The van der Waals surface area contributed by atoms with Crippen molar-refractivity contribution in [1.29, 1.82) is 0 Å². The van der Waals surface area contributed by atoms with Crippen LogP contribution in [0.1, 0.15) is 57.1 Å². The Hall–Kier alpha value is -1.39.